The van der Waals surface area contributed by atoms with E-state index in [1.165, 1.54) is 0 Å². The Labute approximate surface area is 286 Å². The Morgan fingerprint density at radius 2 is 1.76 bits per heavy atom. The number of alkyl halides is 3. The molecule has 0 radical (unpaired) electrons. The number of ether oxygens (including phenoxy) is 2. The van der Waals surface area contributed by atoms with Crippen LogP contribution in [0, 0.1) is 0 Å². The molecule has 0 bridgehead atoms. The van der Waals surface area contributed by atoms with Gasteiger partial charge in [0.2, 0.25) is 5.91 Å². The molecule has 2 aliphatic heterocycles. The van der Waals surface area contributed by atoms with E-state index in [4.69, 9.17) is 9.47 Å². The molecule has 2 fully saturated rings. The third kappa shape index (κ3) is 8.35. The third-order valence-corrected chi connectivity index (χ3v) is 9.95. The highest BCUT2D eigenvalue weighted by atomic mass is 32.2. The molecule has 2 saturated heterocycles. The number of rotatable bonds is 10. The number of aliphatic hydroxyl groups excluding tert-OH is 1. The van der Waals surface area contributed by atoms with E-state index in [1.807, 2.05) is 90.6 Å². The number of carbonyl (C=O) groups excluding carboxylic acids is 2. The van der Waals surface area contributed by atoms with Gasteiger partial charge < -0.3 is 29.4 Å². The first-order valence-corrected chi connectivity index (χ1v) is 17.0. The van der Waals surface area contributed by atoms with E-state index < -0.39 is 30.3 Å². The number of aromatic nitrogens is 2. The lowest BCUT2D eigenvalue weighted by molar-refractivity contribution is -0.245. The van der Waals surface area contributed by atoms with Crippen molar-refractivity contribution in [1.82, 2.24) is 19.8 Å². The second-order valence-electron chi connectivity index (χ2n) is 12.2. The van der Waals surface area contributed by atoms with Gasteiger partial charge in [0, 0.05) is 50.3 Å². The minimum Gasteiger partial charge on any atom is -0.392 e. The number of hydrogen-bond donors (Lipinski definition) is 2. The number of hydrogen-bond acceptors (Lipinski definition) is 7. The number of amides is 2. The van der Waals surface area contributed by atoms with Gasteiger partial charge in [-0.25, -0.2) is 4.98 Å². The molecule has 49 heavy (non-hydrogen) atoms. The molecule has 4 atom stereocenters. The summed E-state index contributed by atoms with van der Waals surface area (Å²) < 4.78 is 53.9. The van der Waals surface area contributed by atoms with Crippen LogP contribution in [0.5, 0.6) is 0 Å². The summed E-state index contributed by atoms with van der Waals surface area (Å²) in [6.45, 7) is -0.0174. The fourth-order valence-electron chi connectivity index (χ4n) is 6.13. The Morgan fingerprint density at radius 1 is 1.00 bits per heavy atom. The summed E-state index contributed by atoms with van der Waals surface area (Å²) in [4.78, 5) is 29.6. The van der Waals surface area contributed by atoms with E-state index in [0.717, 1.165) is 38.5 Å². The van der Waals surface area contributed by atoms with Crippen LogP contribution < -0.4 is 5.32 Å². The number of halogens is 3. The predicted molar refractivity (Wildman–Crippen MR) is 177 cm³/mol. The van der Waals surface area contributed by atoms with E-state index in [-0.39, 0.29) is 38.3 Å². The minimum absolute atomic E-state index is 0.0307. The van der Waals surface area contributed by atoms with E-state index in [0.29, 0.717) is 23.5 Å². The van der Waals surface area contributed by atoms with Crippen LogP contribution in [-0.4, -0.2) is 62.0 Å². The Kier molecular flexibility index (Phi) is 10.7. The van der Waals surface area contributed by atoms with Crippen molar-refractivity contribution in [3.63, 3.8) is 0 Å². The molecular formula is C36H37F3N4O5S. The molecule has 3 aromatic carbocycles. The summed E-state index contributed by atoms with van der Waals surface area (Å²) in [5.74, 6) is -1.89. The van der Waals surface area contributed by atoms with Gasteiger partial charge in [0.25, 0.3) is 0 Å². The zero-order valence-electron chi connectivity index (χ0n) is 26.8. The lowest BCUT2D eigenvalue weighted by Gasteiger charge is -2.36. The normalized spacial score (nSPS) is 21.1. The molecule has 258 valence electrons. The van der Waals surface area contributed by atoms with Gasteiger partial charge in [0.1, 0.15) is 6.04 Å². The zero-order chi connectivity index (χ0) is 34.5. The number of imidazole rings is 1. The van der Waals surface area contributed by atoms with Gasteiger partial charge in [-0.2, -0.15) is 13.2 Å². The fourth-order valence-corrected chi connectivity index (χ4v) is 7.08. The SMILES string of the molecule is Cn1ccnc1SC[C@H]1C[C@@H](c2ccc(CO)cc2)O[C@@H](c2ccc(-c3cccc(CNC(=O)[C@@H]4CCCN4C(=O)C(F)(F)F)c3)cc2)O1. The maximum atomic E-state index is 13.0. The molecular weight excluding hydrogens is 657 g/mol. The molecule has 9 nitrogen and oxygen atoms in total. The number of nitrogens with zero attached hydrogens (tertiary/aromatic N) is 3. The van der Waals surface area contributed by atoms with Gasteiger partial charge in [-0.3, -0.25) is 9.59 Å². The van der Waals surface area contributed by atoms with E-state index >= 15 is 0 Å². The summed E-state index contributed by atoms with van der Waals surface area (Å²) >= 11 is 1.63. The summed E-state index contributed by atoms with van der Waals surface area (Å²) in [7, 11) is 1.95. The maximum absolute atomic E-state index is 13.0. The quantitative estimate of drug-likeness (QED) is 0.194. The lowest BCUT2D eigenvalue weighted by atomic mass is 9.99. The van der Waals surface area contributed by atoms with Crippen LogP contribution in [0.2, 0.25) is 0 Å². The third-order valence-electron chi connectivity index (χ3n) is 8.76. The van der Waals surface area contributed by atoms with Crippen LogP contribution in [0.4, 0.5) is 13.2 Å². The molecule has 4 aromatic rings. The Hall–Kier alpha value is -4.17. The monoisotopic (exact) mass is 694 g/mol. The first kappa shape index (κ1) is 34.7. The highest BCUT2D eigenvalue weighted by molar-refractivity contribution is 7.99. The van der Waals surface area contributed by atoms with E-state index in [1.54, 1.807) is 18.0 Å². The number of aryl methyl sites for hydroxylation is 1. The second kappa shape index (κ2) is 15.2. The van der Waals surface area contributed by atoms with Gasteiger partial charge in [-0.05, 0) is 46.7 Å². The van der Waals surface area contributed by atoms with E-state index in [2.05, 4.69) is 10.3 Å². The molecule has 6 rings (SSSR count). The first-order valence-electron chi connectivity index (χ1n) is 16.0. The Morgan fingerprint density at radius 3 is 2.45 bits per heavy atom. The molecule has 0 spiro atoms. The number of carbonyl (C=O) groups is 2. The minimum atomic E-state index is -5.02. The Balaban J connectivity index is 1.12. The standard InChI is InChI=1S/C36H37F3N4O5S/c1-42-17-15-40-35(42)49-22-29-19-31(26-9-7-23(21-44)8-10-26)48-33(47-29)27-13-11-25(12-14-27)28-5-2-4-24(18-28)20-41-32(45)30-6-3-16-43(30)34(46)36(37,38)39/h2,4-5,7-15,17-18,29-31,33,44H,3,6,16,19-22H2,1H3,(H,41,45)/t29-,30+,31+,33+/m1/s1. The van der Waals surface area contributed by atoms with Crippen molar-refractivity contribution in [2.24, 2.45) is 7.05 Å². The fraction of sp³-hybridized carbons (Fsp3) is 0.361. The van der Waals surface area contributed by atoms with Crippen molar-refractivity contribution in [3.05, 3.63) is 107 Å². The van der Waals surface area contributed by atoms with Crippen molar-refractivity contribution < 1.29 is 37.3 Å². The van der Waals surface area contributed by atoms with Crippen LogP contribution in [0.3, 0.4) is 0 Å². The summed E-state index contributed by atoms with van der Waals surface area (Å²) in [6.07, 6.45) is -1.10. The van der Waals surface area contributed by atoms with Crippen molar-refractivity contribution in [2.45, 2.75) is 68.3 Å². The van der Waals surface area contributed by atoms with Gasteiger partial charge in [0.15, 0.2) is 11.4 Å². The molecule has 0 unspecified atom stereocenters. The van der Waals surface area contributed by atoms with Crippen LogP contribution in [0.1, 0.15) is 53.9 Å². The maximum Gasteiger partial charge on any atom is 0.471 e. The number of thioether (sulfide) groups is 1. The molecule has 3 heterocycles. The summed E-state index contributed by atoms with van der Waals surface area (Å²) in [5, 5.41) is 13.1. The predicted octanol–water partition coefficient (Wildman–Crippen LogP) is 6.09. The number of likely N-dealkylation sites (tertiary alicyclic amines) is 1. The number of nitrogens with one attached hydrogen (secondary N) is 1. The lowest BCUT2D eigenvalue weighted by Crippen LogP contribution is -2.50. The first-order chi connectivity index (χ1) is 23.6. The second-order valence-corrected chi connectivity index (χ2v) is 13.2. The van der Waals surface area contributed by atoms with E-state index in [9.17, 15) is 27.9 Å². The average Bonchev–Trinajstić information content (AvgIpc) is 3.78. The summed E-state index contributed by atoms with van der Waals surface area (Å²) in [5.41, 5.74) is 5.27. The van der Waals surface area contributed by atoms with Gasteiger partial charge in [-0.1, -0.05) is 78.5 Å². The molecule has 13 heteroatoms. The smallest absolute Gasteiger partial charge is 0.392 e. The molecule has 2 N–H and O–H groups in total. The van der Waals surface area contributed by atoms with Crippen molar-refractivity contribution in [1.29, 1.82) is 0 Å². The van der Waals surface area contributed by atoms with Gasteiger partial charge >= 0.3 is 12.1 Å². The van der Waals surface area contributed by atoms with Crippen molar-refractivity contribution in [3.8, 4) is 11.1 Å². The highest BCUT2D eigenvalue weighted by Crippen LogP contribution is 2.40. The number of benzene rings is 3. The molecule has 0 aliphatic carbocycles. The largest absolute Gasteiger partial charge is 0.471 e. The average molecular weight is 695 g/mol. The topological polar surface area (TPSA) is 106 Å². The molecule has 0 saturated carbocycles. The van der Waals surface area contributed by atoms with Gasteiger partial charge in [-0.15, -0.1) is 0 Å². The van der Waals surface area contributed by atoms with Crippen LogP contribution in [0.15, 0.2) is 90.3 Å². The van der Waals surface area contributed by atoms with Crippen molar-refractivity contribution in [2.75, 3.05) is 12.3 Å². The Bertz CT molecular complexity index is 1750. The van der Waals surface area contributed by atoms with Crippen LogP contribution >= 0.6 is 11.8 Å². The highest BCUT2D eigenvalue weighted by Gasteiger charge is 2.47. The van der Waals surface area contributed by atoms with Gasteiger partial charge in [0.05, 0.1) is 18.8 Å². The van der Waals surface area contributed by atoms with Crippen LogP contribution in [0.25, 0.3) is 11.1 Å². The summed E-state index contributed by atoms with van der Waals surface area (Å²) in [6, 6.07) is 22.0. The zero-order valence-corrected chi connectivity index (χ0v) is 27.6. The molecule has 2 amide bonds. The van der Waals surface area contributed by atoms with Crippen LogP contribution in [-0.2, 0) is 39.3 Å². The molecule has 1 aromatic heterocycles. The van der Waals surface area contributed by atoms with Crippen molar-refractivity contribution >= 4 is 23.6 Å². The number of aliphatic hydroxyl groups is 1. The molecule has 2 aliphatic rings.